The lowest BCUT2D eigenvalue weighted by atomic mass is 10.00. The van der Waals surface area contributed by atoms with Crippen LogP contribution in [0.4, 0.5) is 20.2 Å². The summed E-state index contributed by atoms with van der Waals surface area (Å²) in [7, 11) is 0. The third-order valence-electron chi connectivity index (χ3n) is 3.75. The predicted octanol–water partition coefficient (Wildman–Crippen LogP) is 6.44. The molecule has 0 aliphatic rings. The summed E-state index contributed by atoms with van der Waals surface area (Å²) in [5.41, 5.74) is 3.68. The van der Waals surface area contributed by atoms with E-state index < -0.39 is 11.6 Å². The number of anilines is 2. The smallest absolute Gasteiger partial charge is 0.128 e. The standard InChI is InChI=1S/C20H14ClF2NS/c1-12-4-2-3-5-17(12)20(25)18-7-6-15(11-19(18)21)24-16-9-13(22)8-14(23)10-16/h2-11,24H,1H3. The fourth-order valence-corrected chi connectivity index (χ4v) is 3.28. The maximum atomic E-state index is 13.3. The van der Waals surface area contributed by atoms with Crippen LogP contribution in [-0.2, 0) is 0 Å². The van der Waals surface area contributed by atoms with Gasteiger partial charge in [-0.2, -0.15) is 0 Å². The average molecular weight is 374 g/mol. The zero-order chi connectivity index (χ0) is 18.0. The number of rotatable bonds is 4. The van der Waals surface area contributed by atoms with Gasteiger partial charge in [0.25, 0.3) is 0 Å². The zero-order valence-corrected chi connectivity index (χ0v) is 14.9. The molecule has 0 atom stereocenters. The first-order valence-electron chi connectivity index (χ1n) is 7.57. The highest BCUT2D eigenvalue weighted by molar-refractivity contribution is 7.81. The Morgan fingerprint density at radius 1 is 0.880 bits per heavy atom. The monoisotopic (exact) mass is 373 g/mol. The van der Waals surface area contributed by atoms with E-state index in [2.05, 4.69) is 5.32 Å². The van der Waals surface area contributed by atoms with Gasteiger partial charge in [-0.3, -0.25) is 0 Å². The first-order chi connectivity index (χ1) is 11.9. The second kappa shape index (κ2) is 7.30. The van der Waals surface area contributed by atoms with Crippen LogP contribution < -0.4 is 5.32 Å². The van der Waals surface area contributed by atoms with E-state index in [1.807, 2.05) is 31.2 Å². The van der Waals surface area contributed by atoms with Crippen LogP contribution in [0.1, 0.15) is 16.7 Å². The Morgan fingerprint density at radius 3 is 2.20 bits per heavy atom. The van der Waals surface area contributed by atoms with Crippen LogP contribution in [0.2, 0.25) is 5.02 Å². The number of benzene rings is 3. The van der Waals surface area contributed by atoms with Gasteiger partial charge in [0.1, 0.15) is 11.6 Å². The molecule has 0 heterocycles. The van der Waals surface area contributed by atoms with E-state index >= 15 is 0 Å². The van der Waals surface area contributed by atoms with Gasteiger partial charge in [0.05, 0.1) is 9.89 Å². The lowest BCUT2D eigenvalue weighted by Gasteiger charge is -2.12. The van der Waals surface area contributed by atoms with Gasteiger partial charge < -0.3 is 5.32 Å². The molecule has 3 rings (SSSR count). The summed E-state index contributed by atoms with van der Waals surface area (Å²) in [6.45, 7) is 1.99. The highest BCUT2D eigenvalue weighted by Gasteiger charge is 2.12. The summed E-state index contributed by atoms with van der Waals surface area (Å²) in [6, 6.07) is 16.3. The fraction of sp³-hybridized carbons (Fsp3) is 0.0500. The van der Waals surface area contributed by atoms with Crippen molar-refractivity contribution in [3.63, 3.8) is 0 Å². The van der Waals surface area contributed by atoms with Gasteiger partial charge in [-0.1, -0.05) is 48.1 Å². The second-order valence-corrected chi connectivity index (χ2v) is 6.44. The SMILES string of the molecule is Cc1ccccc1C(=S)c1ccc(Nc2cc(F)cc(F)c2)cc1Cl. The number of hydrogen-bond donors (Lipinski definition) is 1. The highest BCUT2D eigenvalue weighted by Crippen LogP contribution is 2.27. The van der Waals surface area contributed by atoms with Gasteiger partial charge in [-0.05, 0) is 48.4 Å². The van der Waals surface area contributed by atoms with E-state index in [4.69, 9.17) is 23.8 Å². The molecule has 0 saturated carbocycles. The molecule has 0 aliphatic heterocycles. The third kappa shape index (κ3) is 4.03. The largest absolute Gasteiger partial charge is 0.355 e. The second-order valence-electron chi connectivity index (χ2n) is 5.62. The molecule has 126 valence electrons. The molecule has 1 N–H and O–H groups in total. The van der Waals surface area contributed by atoms with Crippen LogP contribution in [0.3, 0.4) is 0 Å². The predicted molar refractivity (Wildman–Crippen MR) is 103 cm³/mol. The summed E-state index contributed by atoms with van der Waals surface area (Å²) < 4.78 is 26.6. The van der Waals surface area contributed by atoms with Crippen molar-refractivity contribution in [1.29, 1.82) is 0 Å². The first kappa shape index (κ1) is 17.5. The molecular formula is C20H14ClF2NS. The van der Waals surface area contributed by atoms with Gasteiger partial charge in [0.2, 0.25) is 0 Å². The van der Waals surface area contributed by atoms with Gasteiger partial charge in [-0.15, -0.1) is 0 Å². The Hall–Kier alpha value is -2.30. The van der Waals surface area contributed by atoms with Crippen molar-refractivity contribution in [3.8, 4) is 0 Å². The summed E-state index contributed by atoms with van der Waals surface area (Å²) in [5.74, 6) is -1.29. The Morgan fingerprint density at radius 2 is 1.56 bits per heavy atom. The van der Waals surface area contributed by atoms with Crippen LogP contribution in [0, 0.1) is 18.6 Å². The van der Waals surface area contributed by atoms with Crippen molar-refractivity contribution in [2.75, 3.05) is 5.32 Å². The number of aryl methyl sites for hydroxylation is 1. The van der Waals surface area contributed by atoms with Crippen molar-refractivity contribution in [3.05, 3.63) is 94.0 Å². The minimum absolute atomic E-state index is 0.308. The number of halogens is 3. The van der Waals surface area contributed by atoms with Crippen LogP contribution in [0.15, 0.2) is 60.7 Å². The molecule has 5 heteroatoms. The van der Waals surface area contributed by atoms with E-state index in [0.29, 0.717) is 21.3 Å². The Bertz CT molecular complexity index is 936. The Balaban J connectivity index is 1.88. The molecule has 0 fully saturated rings. The number of thiocarbonyl (C=S) groups is 1. The Kier molecular flexibility index (Phi) is 5.11. The van der Waals surface area contributed by atoms with Crippen LogP contribution in [-0.4, -0.2) is 4.86 Å². The summed E-state index contributed by atoms with van der Waals surface area (Å²) >= 11 is 11.9. The molecule has 0 spiro atoms. The number of nitrogens with one attached hydrogen (secondary N) is 1. The average Bonchev–Trinajstić information content (AvgIpc) is 2.54. The molecule has 0 amide bonds. The van der Waals surface area contributed by atoms with Crippen molar-refractivity contribution in [2.24, 2.45) is 0 Å². The lowest BCUT2D eigenvalue weighted by Crippen LogP contribution is -2.03. The van der Waals surface area contributed by atoms with Gasteiger partial charge in [0, 0.05) is 23.0 Å². The third-order valence-corrected chi connectivity index (χ3v) is 4.51. The van der Waals surface area contributed by atoms with E-state index in [1.54, 1.807) is 18.2 Å². The van der Waals surface area contributed by atoms with Crippen molar-refractivity contribution in [2.45, 2.75) is 6.92 Å². The van der Waals surface area contributed by atoms with E-state index in [9.17, 15) is 8.78 Å². The van der Waals surface area contributed by atoms with E-state index in [-0.39, 0.29) is 0 Å². The summed E-state index contributed by atoms with van der Waals surface area (Å²) in [5, 5.41) is 3.40. The minimum atomic E-state index is -0.647. The van der Waals surface area contributed by atoms with Crippen molar-refractivity contribution in [1.82, 2.24) is 0 Å². The molecule has 0 radical (unpaired) electrons. The van der Waals surface area contributed by atoms with Crippen molar-refractivity contribution >= 4 is 40.1 Å². The first-order valence-corrected chi connectivity index (χ1v) is 8.35. The zero-order valence-electron chi connectivity index (χ0n) is 13.3. The topological polar surface area (TPSA) is 12.0 Å². The molecule has 25 heavy (non-hydrogen) atoms. The number of hydrogen-bond acceptors (Lipinski definition) is 2. The maximum absolute atomic E-state index is 13.3. The van der Waals surface area contributed by atoms with E-state index in [0.717, 1.165) is 22.8 Å². The van der Waals surface area contributed by atoms with Gasteiger partial charge in [-0.25, -0.2) is 8.78 Å². The molecular weight excluding hydrogens is 360 g/mol. The quantitative estimate of drug-likeness (QED) is 0.417. The molecule has 0 bridgehead atoms. The van der Waals surface area contributed by atoms with Gasteiger partial charge >= 0.3 is 0 Å². The van der Waals surface area contributed by atoms with Crippen LogP contribution >= 0.6 is 23.8 Å². The summed E-state index contributed by atoms with van der Waals surface area (Å²) in [6.07, 6.45) is 0. The van der Waals surface area contributed by atoms with E-state index in [1.165, 1.54) is 12.1 Å². The van der Waals surface area contributed by atoms with Crippen LogP contribution in [0.25, 0.3) is 0 Å². The maximum Gasteiger partial charge on any atom is 0.128 e. The molecule has 0 aliphatic carbocycles. The van der Waals surface area contributed by atoms with Crippen LogP contribution in [0.5, 0.6) is 0 Å². The van der Waals surface area contributed by atoms with Gasteiger partial charge in [0.15, 0.2) is 0 Å². The summed E-state index contributed by atoms with van der Waals surface area (Å²) in [4.78, 5) is 0.659. The molecule has 0 aromatic heterocycles. The lowest BCUT2D eigenvalue weighted by molar-refractivity contribution is 0.584. The molecule has 1 nitrogen and oxygen atoms in total. The minimum Gasteiger partial charge on any atom is -0.355 e. The van der Waals surface area contributed by atoms with Crippen molar-refractivity contribution < 1.29 is 8.78 Å². The highest BCUT2D eigenvalue weighted by atomic mass is 35.5. The molecule has 0 unspecified atom stereocenters. The Labute approximate surface area is 155 Å². The normalized spacial score (nSPS) is 10.6. The molecule has 3 aromatic rings. The molecule has 0 saturated heterocycles. The molecule has 3 aromatic carbocycles. The fourth-order valence-electron chi connectivity index (χ4n) is 2.54.